The highest BCUT2D eigenvalue weighted by Gasteiger charge is 2.25. The summed E-state index contributed by atoms with van der Waals surface area (Å²) in [6, 6.07) is 16.7. The van der Waals surface area contributed by atoms with Gasteiger partial charge in [-0.05, 0) is 37.0 Å². The highest BCUT2D eigenvalue weighted by molar-refractivity contribution is 5.89. The Balaban J connectivity index is 1.71. The van der Waals surface area contributed by atoms with E-state index in [-0.39, 0.29) is 17.9 Å². The summed E-state index contributed by atoms with van der Waals surface area (Å²) in [6.07, 6.45) is 2.59. The molecule has 6 heteroatoms. The van der Waals surface area contributed by atoms with Gasteiger partial charge in [-0.3, -0.25) is 10.1 Å². The standard InChI is InChI=1S/C24H27N5O/c1-15(2)13-22(30)26-23-27-24-25-20(18-9-5-16(3)6-10-18)14-21(29(24)28-23)19-11-7-17(4)8-12-19/h5-12,14-15,21H,13H2,1-4H3,(H2,25,26,27,28,30). The average molecular weight is 402 g/mol. The molecule has 0 aliphatic carbocycles. The number of aryl methyl sites for hydroxylation is 2. The van der Waals surface area contributed by atoms with Crippen LogP contribution in [0.25, 0.3) is 5.70 Å². The number of hydrogen-bond acceptors (Lipinski definition) is 4. The van der Waals surface area contributed by atoms with E-state index in [1.807, 2.05) is 18.5 Å². The number of aromatic nitrogens is 3. The van der Waals surface area contributed by atoms with Crippen LogP contribution in [0.4, 0.5) is 11.9 Å². The van der Waals surface area contributed by atoms with Crippen LogP contribution in [0.1, 0.15) is 48.6 Å². The van der Waals surface area contributed by atoms with Crippen LogP contribution in [-0.4, -0.2) is 20.7 Å². The van der Waals surface area contributed by atoms with Gasteiger partial charge < -0.3 is 5.32 Å². The molecule has 154 valence electrons. The zero-order valence-electron chi connectivity index (χ0n) is 17.8. The van der Waals surface area contributed by atoms with Gasteiger partial charge in [-0.15, -0.1) is 5.10 Å². The number of benzene rings is 2. The second kappa shape index (κ2) is 8.14. The molecule has 4 rings (SSSR count). The number of anilines is 2. The molecule has 0 radical (unpaired) electrons. The molecule has 0 spiro atoms. The molecule has 0 saturated carbocycles. The van der Waals surface area contributed by atoms with Gasteiger partial charge >= 0.3 is 0 Å². The molecule has 0 bridgehead atoms. The third-order valence-electron chi connectivity index (χ3n) is 5.09. The SMILES string of the molecule is Cc1ccc(C2=CC(c3ccc(C)cc3)n3nc(NC(=O)CC(C)C)nc3N2)cc1. The second-order valence-corrected chi connectivity index (χ2v) is 8.28. The van der Waals surface area contributed by atoms with Gasteiger partial charge in [0.05, 0.1) is 0 Å². The van der Waals surface area contributed by atoms with Crippen LogP contribution in [0.3, 0.4) is 0 Å². The van der Waals surface area contributed by atoms with E-state index in [1.54, 1.807) is 0 Å². The first kappa shape index (κ1) is 19.9. The molecule has 0 fully saturated rings. The Morgan fingerprint density at radius 3 is 2.33 bits per heavy atom. The summed E-state index contributed by atoms with van der Waals surface area (Å²) in [7, 11) is 0. The zero-order valence-corrected chi connectivity index (χ0v) is 17.8. The van der Waals surface area contributed by atoms with E-state index in [9.17, 15) is 4.79 Å². The van der Waals surface area contributed by atoms with E-state index in [0.717, 1.165) is 16.8 Å². The van der Waals surface area contributed by atoms with Crippen molar-refractivity contribution >= 4 is 23.5 Å². The topological polar surface area (TPSA) is 71.8 Å². The third-order valence-corrected chi connectivity index (χ3v) is 5.09. The highest BCUT2D eigenvalue weighted by Crippen LogP contribution is 2.33. The lowest BCUT2D eigenvalue weighted by molar-refractivity contribution is -0.116. The lowest BCUT2D eigenvalue weighted by Crippen LogP contribution is -2.20. The molecular formula is C24H27N5O. The average Bonchev–Trinajstić information content (AvgIpc) is 3.10. The first-order valence-electron chi connectivity index (χ1n) is 10.3. The predicted molar refractivity (Wildman–Crippen MR) is 120 cm³/mol. The Hall–Kier alpha value is -3.41. The number of allylic oxidation sites excluding steroid dienone is 1. The van der Waals surface area contributed by atoms with Crippen molar-refractivity contribution in [3.05, 3.63) is 76.9 Å². The van der Waals surface area contributed by atoms with Crippen LogP contribution in [0.15, 0.2) is 54.6 Å². The molecule has 3 aromatic rings. The Morgan fingerprint density at radius 2 is 1.70 bits per heavy atom. The number of hydrogen-bond donors (Lipinski definition) is 2. The molecule has 1 unspecified atom stereocenters. The quantitative estimate of drug-likeness (QED) is 0.635. The van der Waals surface area contributed by atoms with Crippen LogP contribution in [0.5, 0.6) is 0 Å². The van der Waals surface area contributed by atoms with E-state index >= 15 is 0 Å². The Kier molecular flexibility index (Phi) is 5.40. The molecular weight excluding hydrogens is 374 g/mol. The van der Waals surface area contributed by atoms with E-state index in [0.29, 0.717) is 18.3 Å². The fraction of sp³-hybridized carbons (Fsp3) is 0.292. The number of nitrogens with zero attached hydrogens (tertiary/aromatic N) is 3. The van der Waals surface area contributed by atoms with E-state index in [2.05, 4.69) is 89.2 Å². The lowest BCUT2D eigenvalue weighted by atomic mass is 10.0. The van der Waals surface area contributed by atoms with E-state index < -0.39 is 0 Å². The summed E-state index contributed by atoms with van der Waals surface area (Å²) in [6.45, 7) is 8.17. The van der Waals surface area contributed by atoms with Gasteiger partial charge in [-0.2, -0.15) is 4.98 Å². The molecule has 1 amide bonds. The molecule has 1 atom stereocenters. The van der Waals surface area contributed by atoms with Gasteiger partial charge in [0.25, 0.3) is 5.95 Å². The first-order chi connectivity index (χ1) is 14.4. The summed E-state index contributed by atoms with van der Waals surface area (Å²) >= 11 is 0. The molecule has 2 heterocycles. The monoisotopic (exact) mass is 401 g/mol. The second-order valence-electron chi connectivity index (χ2n) is 8.28. The number of carbonyl (C=O) groups is 1. The lowest BCUT2D eigenvalue weighted by Gasteiger charge is -2.24. The highest BCUT2D eigenvalue weighted by atomic mass is 16.1. The maximum Gasteiger partial charge on any atom is 0.250 e. The molecule has 1 aliphatic rings. The van der Waals surface area contributed by atoms with Crippen molar-refractivity contribution in [1.82, 2.24) is 14.8 Å². The number of fused-ring (bicyclic) bond motifs is 1. The molecule has 1 aliphatic heterocycles. The van der Waals surface area contributed by atoms with E-state index in [4.69, 9.17) is 0 Å². The molecule has 2 N–H and O–H groups in total. The first-order valence-corrected chi connectivity index (χ1v) is 10.3. The number of carbonyl (C=O) groups excluding carboxylic acids is 1. The molecule has 1 aromatic heterocycles. The minimum atomic E-state index is -0.124. The minimum absolute atomic E-state index is 0.0773. The summed E-state index contributed by atoms with van der Waals surface area (Å²) in [4.78, 5) is 16.8. The van der Waals surface area contributed by atoms with Crippen molar-refractivity contribution in [2.24, 2.45) is 5.92 Å². The minimum Gasteiger partial charge on any atom is -0.324 e. The van der Waals surface area contributed by atoms with Crippen LogP contribution < -0.4 is 10.6 Å². The number of rotatable bonds is 5. The summed E-state index contributed by atoms with van der Waals surface area (Å²) in [5.74, 6) is 1.12. The third kappa shape index (κ3) is 4.27. The predicted octanol–water partition coefficient (Wildman–Crippen LogP) is 4.94. The molecule has 0 saturated heterocycles. The Morgan fingerprint density at radius 1 is 1.07 bits per heavy atom. The maximum atomic E-state index is 12.2. The van der Waals surface area contributed by atoms with Gasteiger partial charge in [0, 0.05) is 12.1 Å². The molecule has 30 heavy (non-hydrogen) atoms. The van der Waals surface area contributed by atoms with Crippen molar-refractivity contribution in [1.29, 1.82) is 0 Å². The van der Waals surface area contributed by atoms with Crippen molar-refractivity contribution in [3.8, 4) is 0 Å². The van der Waals surface area contributed by atoms with Crippen LogP contribution >= 0.6 is 0 Å². The molecule has 6 nitrogen and oxygen atoms in total. The van der Waals surface area contributed by atoms with Gasteiger partial charge in [-0.25, -0.2) is 4.68 Å². The largest absolute Gasteiger partial charge is 0.324 e. The Bertz CT molecular complexity index is 1080. The number of nitrogens with one attached hydrogen (secondary N) is 2. The van der Waals surface area contributed by atoms with Crippen molar-refractivity contribution in [3.63, 3.8) is 0 Å². The maximum absolute atomic E-state index is 12.2. The number of amides is 1. The van der Waals surface area contributed by atoms with Gasteiger partial charge in [0.2, 0.25) is 11.9 Å². The fourth-order valence-corrected chi connectivity index (χ4v) is 3.50. The van der Waals surface area contributed by atoms with E-state index in [1.165, 1.54) is 11.1 Å². The van der Waals surface area contributed by atoms with Gasteiger partial charge in [-0.1, -0.05) is 73.5 Å². The zero-order chi connectivity index (χ0) is 21.3. The normalized spacial score (nSPS) is 15.4. The smallest absolute Gasteiger partial charge is 0.250 e. The summed E-state index contributed by atoms with van der Waals surface area (Å²) < 4.78 is 1.83. The van der Waals surface area contributed by atoms with Gasteiger partial charge in [0.1, 0.15) is 6.04 Å². The fourth-order valence-electron chi connectivity index (χ4n) is 3.50. The summed E-state index contributed by atoms with van der Waals surface area (Å²) in [5.41, 5.74) is 5.58. The Labute approximate surface area is 177 Å². The van der Waals surface area contributed by atoms with Crippen LogP contribution in [-0.2, 0) is 4.79 Å². The van der Waals surface area contributed by atoms with Crippen LogP contribution in [0, 0.1) is 19.8 Å². The molecule has 2 aromatic carbocycles. The van der Waals surface area contributed by atoms with Crippen molar-refractivity contribution < 1.29 is 4.79 Å². The summed E-state index contributed by atoms with van der Waals surface area (Å²) in [5, 5.41) is 10.8. The van der Waals surface area contributed by atoms with Crippen molar-refractivity contribution in [2.75, 3.05) is 10.6 Å². The van der Waals surface area contributed by atoms with Crippen molar-refractivity contribution in [2.45, 2.75) is 40.2 Å². The van der Waals surface area contributed by atoms with Crippen LogP contribution in [0.2, 0.25) is 0 Å². The van der Waals surface area contributed by atoms with Gasteiger partial charge in [0.15, 0.2) is 0 Å².